The minimum Gasteiger partial charge on any atom is -0.482 e. The topological polar surface area (TPSA) is 80.2 Å². The summed E-state index contributed by atoms with van der Waals surface area (Å²) >= 11 is 0. The Balaban J connectivity index is 1.37. The van der Waals surface area contributed by atoms with Crippen LogP contribution in [0.4, 0.5) is 11.5 Å². The molecule has 4 rings (SSSR count). The van der Waals surface area contributed by atoms with Crippen molar-refractivity contribution < 1.29 is 9.53 Å². The first-order valence-electron chi connectivity index (χ1n) is 8.15. The molecular formula is C18H17N5O2. The fourth-order valence-corrected chi connectivity index (χ4v) is 2.81. The minimum atomic E-state index is -0.0159. The Labute approximate surface area is 144 Å². The average Bonchev–Trinajstić information content (AvgIpc) is 2.66. The summed E-state index contributed by atoms with van der Waals surface area (Å²) in [5.41, 5.74) is 2.21. The van der Waals surface area contributed by atoms with E-state index in [2.05, 4.69) is 20.3 Å². The summed E-state index contributed by atoms with van der Waals surface area (Å²) in [6, 6.07) is 11.4. The molecule has 0 saturated carbocycles. The second kappa shape index (κ2) is 6.72. The maximum absolute atomic E-state index is 12.1. The molecule has 126 valence electrons. The zero-order valence-corrected chi connectivity index (χ0v) is 13.6. The van der Waals surface area contributed by atoms with Crippen molar-refractivity contribution in [2.75, 3.05) is 29.9 Å². The Morgan fingerprint density at radius 1 is 1.12 bits per heavy atom. The number of benzene rings is 1. The van der Waals surface area contributed by atoms with E-state index in [9.17, 15) is 4.79 Å². The first-order chi connectivity index (χ1) is 12.3. The van der Waals surface area contributed by atoms with Gasteiger partial charge in [0.25, 0.3) is 5.91 Å². The summed E-state index contributed by atoms with van der Waals surface area (Å²) in [5, 5.41) is 3.27. The summed E-state index contributed by atoms with van der Waals surface area (Å²) in [7, 11) is 0. The highest BCUT2D eigenvalue weighted by atomic mass is 16.5. The molecule has 3 heterocycles. The maximum Gasteiger partial charge on any atom is 0.265 e. The van der Waals surface area contributed by atoms with E-state index in [0.717, 1.165) is 29.2 Å². The largest absolute Gasteiger partial charge is 0.482 e. The van der Waals surface area contributed by atoms with Crippen molar-refractivity contribution in [2.45, 2.75) is 6.42 Å². The normalized spacial score (nSPS) is 13.4. The molecule has 2 aromatic heterocycles. The quantitative estimate of drug-likeness (QED) is 0.720. The Bertz CT molecular complexity index is 915. The number of carbonyl (C=O) groups is 1. The van der Waals surface area contributed by atoms with Gasteiger partial charge in [-0.25, -0.2) is 9.97 Å². The number of fused-ring (bicyclic) bond motifs is 2. The molecule has 0 bridgehead atoms. The van der Waals surface area contributed by atoms with Crippen molar-refractivity contribution in [3.63, 3.8) is 0 Å². The molecule has 1 aromatic carbocycles. The average molecular weight is 335 g/mol. The Kier molecular flexibility index (Phi) is 4.12. The van der Waals surface area contributed by atoms with Gasteiger partial charge in [-0.05, 0) is 30.7 Å². The lowest BCUT2D eigenvalue weighted by molar-refractivity contribution is -0.121. The van der Waals surface area contributed by atoms with E-state index in [1.54, 1.807) is 17.3 Å². The Morgan fingerprint density at radius 3 is 2.96 bits per heavy atom. The summed E-state index contributed by atoms with van der Waals surface area (Å²) in [4.78, 5) is 26.7. The highest BCUT2D eigenvalue weighted by Gasteiger charge is 2.24. The lowest BCUT2D eigenvalue weighted by Gasteiger charge is -2.29. The van der Waals surface area contributed by atoms with Crippen LogP contribution in [0.2, 0.25) is 0 Å². The minimum absolute atomic E-state index is 0.0159. The molecule has 1 amide bonds. The van der Waals surface area contributed by atoms with Crippen LogP contribution in [0, 0.1) is 0 Å². The number of amides is 1. The van der Waals surface area contributed by atoms with Gasteiger partial charge in [0.05, 0.1) is 5.69 Å². The van der Waals surface area contributed by atoms with Crippen LogP contribution in [0.25, 0.3) is 11.2 Å². The number of carbonyl (C=O) groups excluding carboxylic acids is 1. The fourth-order valence-electron chi connectivity index (χ4n) is 2.81. The molecule has 3 aromatic rings. The van der Waals surface area contributed by atoms with E-state index in [-0.39, 0.29) is 12.5 Å². The van der Waals surface area contributed by atoms with Gasteiger partial charge in [0.15, 0.2) is 12.3 Å². The second-order valence-electron chi connectivity index (χ2n) is 5.68. The molecule has 0 spiro atoms. The van der Waals surface area contributed by atoms with Crippen LogP contribution in [0.15, 0.2) is 48.8 Å². The molecule has 0 atom stereocenters. The summed E-state index contributed by atoms with van der Waals surface area (Å²) < 4.78 is 5.45. The standard InChI is InChI=1S/C18H17N5O2/c24-17-12-25-15-5-2-1-4-14(15)23(17)11-3-8-20-16-7-6-13-18(22-16)21-10-9-19-13/h1-2,4-7,9-10H,3,8,11-12H2,(H,20,21,22). The molecular weight excluding hydrogens is 318 g/mol. The first kappa shape index (κ1) is 15.3. The second-order valence-corrected chi connectivity index (χ2v) is 5.68. The van der Waals surface area contributed by atoms with E-state index in [0.29, 0.717) is 18.7 Å². The maximum atomic E-state index is 12.1. The predicted octanol–water partition coefficient (Wildman–Crippen LogP) is 2.25. The fraction of sp³-hybridized carbons (Fsp3) is 0.222. The lowest BCUT2D eigenvalue weighted by atomic mass is 10.2. The number of aromatic nitrogens is 3. The number of para-hydroxylation sites is 2. The zero-order chi connectivity index (χ0) is 17.1. The predicted molar refractivity (Wildman–Crippen MR) is 94.7 cm³/mol. The third kappa shape index (κ3) is 3.21. The third-order valence-electron chi connectivity index (χ3n) is 4.00. The number of hydrogen-bond acceptors (Lipinski definition) is 6. The molecule has 0 radical (unpaired) electrons. The van der Waals surface area contributed by atoms with Crippen LogP contribution >= 0.6 is 0 Å². The molecule has 0 fully saturated rings. The van der Waals surface area contributed by atoms with Crippen molar-refractivity contribution in [3.8, 4) is 5.75 Å². The number of nitrogens with one attached hydrogen (secondary N) is 1. The molecule has 0 aliphatic carbocycles. The van der Waals surface area contributed by atoms with Crippen molar-refractivity contribution in [1.29, 1.82) is 0 Å². The van der Waals surface area contributed by atoms with Gasteiger partial charge in [-0.15, -0.1) is 0 Å². The van der Waals surface area contributed by atoms with E-state index in [1.165, 1.54) is 0 Å². The highest BCUT2D eigenvalue weighted by Crippen LogP contribution is 2.31. The van der Waals surface area contributed by atoms with Crippen molar-refractivity contribution in [2.24, 2.45) is 0 Å². The van der Waals surface area contributed by atoms with Crippen LogP contribution in [-0.4, -0.2) is 40.6 Å². The Morgan fingerprint density at radius 2 is 2.00 bits per heavy atom. The van der Waals surface area contributed by atoms with E-state index in [4.69, 9.17) is 4.74 Å². The number of rotatable bonds is 5. The molecule has 0 unspecified atom stereocenters. The van der Waals surface area contributed by atoms with Crippen LogP contribution in [0.3, 0.4) is 0 Å². The van der Waals surface area contributed by atoms with Gasteiger partial charge in [-0.3, -0.25) is 9.78 Å². The number of hydrogen-bond donors (Lipinski definition) is 1. The summed E-state index contributed by atoms with van der Waals surface area (Å²) in [6.07, 6.45) is 4.06. The van der Waals surface area contributed by atoms with Gasteiger partial charge >= 0.3 is 0 Å². The van der Waals surface area contributed by atoms with Crippen molar-refractivity contribution in [1.82, 2.24) is 15.0 Å². The number of nitrogens with zero attached hydrogens (tertiary/aromatic N) is 4. The Hall–Kier alpha value is -3.22. The molecule has 0 saturated heterocycles. The number of pyridine rings is 1. The van der Waals surface area contributed by atoms with Gasteiger partial charge in [0.2, 0.25) is 0 Å². The van der Waals surface area contributed by atoms with Gasteiger partial charge < -0.3 is 15.0 Å². The van der Waals surface area contributed by atoms with Crippen LogP contribution in [-0.2, 0) is 4.79 Å². The van der Waals surface area contributed by atoms with Gasteiger partial charge in [-0.1, -0.05) is 12.1 Å². The van der Waals surface area contributed by atoms with Crippen molar-refractivity contribution >= 4 is 28.6 Å². The SMILES string of the molecule is O=C1COc2ccccc2N1CCCNc1ccc2nccnc2n1. The zero-order valence-electron chi connectivity index (χ0n) is 13.6. The molecule has 25 heavy (non-hydrogen) atoms. The molecule has 7 nitrogen and oxygen atoms in total. The molecule has 1 N–H and O–H groups in total. The van der Waals surface area contributed by atoms with E-state index < -0.39 is 0 Å². The molecule has 1 aliphatic heterocycles. The van der Waals surface area contributed by atoms with Gasteiger partial charge in [0.1, 0.15) is 17.1 Å². The van der Waals surface area contributed by atoms with E-state index >= 15 is 0 Å². The number of ether oxygens (including phenoxy) is 1. The van der Waals surface area contributed by atoms with Gasteiger partial charge in [0, 0.05) is 25.5 Å². The number of anilines is 2. The van der Waals surface area contributed by atoms with Crippen molar-refractivity contribution in [3.05, 3.63) is 48.8 Å². The molecule has 7 heteroatoms. The third-order valence-corrected chi connectivity index (χ3v) is 4.00. The molecule has 1 aliphatic rings. The van der Waals surface area contributed by atoms with Crippen LogP contribution in [0.5, 0.6) is 5.75 Å². The summed E-state index contributed by atoms with van der Waals surface area (Å²) in [5.74, 6) is 1.49. The highest BCUT2D eigenvalue weighted by molar-refractivity contribution is 5.97. The van der Waals surface area contributed by atoms with Gasteiger partial charge in [-0.2, -0.15) is 0 Å². The smallest absolute Gasteiger partial charge is 0.265 e. The monoisotopic (exact) mass is 335 g/mol. The van der Waals surface area contributed by atoms with E-state index in [1.807, 2.05) is 36.4 Å². The first-order valence-corrected chi connectivity index (χ1v) is 8.15. The van der Waals surface area contributed by atoms with Crippen LogP contribution < -0.4 is 15.0 Å². The van der Waals surface area contributed by atoms with Crippen LogP contribution in [0.1, 0.15) is 6.42 Å². The summed E-state index contributed by atoms with van der Waals surface area (Å²) in [6.45, 7) is 1.42. The lowest BCUT2D eigenvalue weighted by Crippen LogP contribution is -2.39.